The van der Waals surface area contributed by atoms with Gasteiger partial charge in [0.05, 0.1) is 0 Å². The molecule has 0 heterocycles. The maximum absolute atomic E-state index is 5.93. The predicted octanol–water partition coefficient (Wildman–Crippen LogP) is 1.69. The summed E-state index contributed by atoms with van der Waals surface area (Å²) < 4.78 is 0. The van der Waals surface area contributed by atoms with Crippen molar-refractivity contribution in [3.63, 3.8) is 0 Å². The number of hydrogen-bond donors (Lipinski definition) is 1. The van der Waals surface area contributed by atoms with E-state index in [0.29, 0.717) is 11.5 Å². The van der Waals surface area contributed by atoms with Crippen molar-refractivity contribution in [2.75, 3.05) is 0 Å². The number of fused-ring (bicyclic) bond motifs is 1. The molecule has 1 nitrogen and oxygen atoms in total. The van der Waals surface area contributed by atoms with Crippen molar-refractivity contribution in [1.82, 2.24) is 0 Å². The van der Waals surface area contributed by atoms with E-state index in [-0.39, 0.29) is 0 Å². The van der Waals surface area contributed by atoms with E-state index in [0.717, 1.165) is 5.92 Å². The minimum atomic E-state index is 0.485. The third-order valence-corrected chi connectivity index (χ3v) is 3.31. The minimum absolute atomic E-state index is 0.485. The fourth-order valence-corrected chi connectivity index (χ4v) is 2.37. The summed E-state index contributed by atoms with van der Waals surface area (Å²) in [7, 11) is 0. The second kappa shape index (κ2) is 1.65. The van der Waals surface area contributed by atoms with Crippen LogP contribution < -0.4 is 5.73 Å². The Balaban J connectivity index is 2.19. The van der Waals surface area contributed by atoms with Crippen molar-refractivity contribution < 1.29 is 0 Å². The van der Waals surface area contributed by atoms with Crippen molar-refractivity contribution >= 4 is 0 Å². The van der Waals surface area contributed by atoms with Crippen LogP contribution in [0.1, 0.15) is 26.7 Å². The van der Waals surface area contributed by atoms with E-state index in [4.69, 9.17) is 5.73 Å². The fraction of sp³-hybridized carbons (Fsp3) is 0.778. The largest absolute Gasteiger partial charge is 0.327 e. The molecule has 1 saturated carbocycles. The van der Waals surface area contributed by atoms with Crippen molar-refractivity contribution in [2.45, 2.75) is 32.7 Å². The first-order valence-electron chi connectivity index (χ1n) is 4.06. The molecule has 0 aliphatic heterocycles. The maximum Gasteiger partial charge on any atom is 0.0137 e. The Morgan fingerprint density at radius 1 is 1.70 bits per heavy atom. The second-order valence-corrected chi connectivity index (χ2v) is 4.10. The van der Waals surface area contributed by atoms with Gasteiger partial charge in [-0.3, -0.25) is 0 Å². The summed E-state index contributed by atoms with van der Waals surface area (Å²) in [5, 5.41) is 0. The van der Waals surface area contributed by atoms with E-state index in [9.17, 15) is 0 Å². The molecular weight excluding hydrogens is 122 g/mol. The number of allylic oxidation sites excluding steroid dienone is 2. The summed E-state index contributed by atoms with van der Waals surface area (Å²) in [5.41, 5.74) is 7.95. The normalized spacial score (nSPS) is 51.7. The van der Waals surface area contributed by atoms with Gasteiger partial charge < -0.3 is 5.73 Å². The lowest BCUT2D eigenvalue weighted by Gasteiger charge is -2.15. The Labute approximate surface area is 62.3 Å². The number of nitrogens with two attached hydrogens (primary N) is 1. The van der Waals surface area contributed by atoms with Crippen molar-refractivity contribution in [3.8, 4) is 0 Å². The van der Waals surface area contributed by atoms with Gasteiger partial charge in [-0.15, -0.1) is 0 Å². The van der Waals surface area contributed by atoms with Crippen LogP contribution in [-0.4, -0.2) is 6.04 Å². The van der Waals surface area contributed by atoms with E-state index >= 15 is 0 Å². The topological polar surface area (TPSA) is 26.0 Å². The van der Waals surface area contributed by atoms with Gasteiger partial charge >= 0.3 is 0 Å². The highest BCUT2D eigenvalue weighted by Crippen LogP contribution is 2.59. The SMILES string of the molecule is CC1=CCC2C(N)C2(C)C1. The number of hydrogen-bond acceptors (Lipinski definition) is 1. The maximum atomic E-state index is 5.93. The van der Waals surface area contributed by atoms with Gasteiger partial charge in [0.1, 0.15) is 0 Å². The van der Waals surface area contributed by atoms with E-state index < -0.39 is 0 Å². The predicted molar refractivity (Wildman–Crippen MR) is 42.6 cm³/mol. The lowest BCUT2D eigenvalue weighted by Crippen LogP contribution is -2.10. The fourth-order valence-electron chi connectivity index (χ4n) is 2.37. The van der Waals surface area contributed by atoms with Gasteiger partial charge in [0.25, 0.3) is 0 Å². The summed E-state index contributed by atoms with van der Waals surface area (Å²) in [4.78, 5) is 0. The Bertz CT molecular complexity index is 195. The van der Waals surface area contributed by atoms with Gasteiger partial charge in [-0.2, -0.15) is 0 Å². The monoisotopic (exact) mass is 137 g/mol. The van der Waals surface area contributed by atoms with Crippen LogP contribution in [0.5, 0.6) is 0 Å². The molecule has 2 aliphatic rings. The van der Waals surface area contributed by atoms with E-state index in [1.54, 1.807) is 0 Å². The van der Waals surface area contributed by atoms with Gasteiger partial charge in [0, 0.05) is 6.04 Å². The first-order valence-corrected chi connectivity index (χ1v) is 4.06. The zero-order valence-corrected chi connectivity index (χ0v) is 6.72. The van der Waals surface area contributed by atoms with E-state index in [2.05, 4.69) is 19.9 Å². The minimum Gasteiger partial charge on any atom is -0.327 e. The Morgan fingerprint density at radius 3 is 2.90 bits per heavy atom. The summed E-state index contributed by atoms with van der Waals surface area (Å²) >= 11 is 0. The van der Waals surface area contributed by atoms with Crippen molar-refractivity contribution in [1.29, 1.82) is 0 Å². The first kappa shape index (κ1) is 6.41. The summed E-state index contributed by atoms with van der Waals surface area (Å²) in [5.74, 6) is 0.802. The van der Waals surface area contributed by atoms with Crippen molar-refractivity contribution in [2.24, 2.45) is 17.1 Å². The van der Waals surface area contributed by atoms with Crippen LogP contribution in [0.15, 0.2) is 11.6 Å². The zero-order chi connectivity index (χ0) is 7.35. The van der Waals surface area contributed by atoms with Crippen molar-refractivity contribution in [3.05, 3.63) is 11.6 Å². The molecule has 2 N–H and O–H groups in total. The molecule has 0 radical (unpaired) electrons. The Hall–Kier alpha value is -0.300. The molecule has 2 rings (SSSR count). The molecule has 3 unspecified atom stereocenters. The molecule has 0 spiro atoms. The standard InChI is InChI=1S/C9H15N/c1-6-3-4-7-8(10)9(7,2)5-6/h3,7-8H,4-5,10H2,1-2H3. The molecule has 0 aromatic heterocycles. The average Bonchev–Trinajstić information content (AvgIpc) is 2.35. The first-order chi connectivity index (χ1) is 4.64. The van der Waals surface area contributed by atoms with Gasteiger partial charge in [-0.05, 0) is 31.1 Å². The van der Waals surface area contributed by atoms with Gasteiger partial charge in [-0.1, -0.05) is 18.6 Å². The molecule has 0 aromatic rings. The highest BCUT2D eigenvalue weighted by molar-refractivity contribution is 5.23. The summed E-state index contributed by atoms with van der Waals surface area (Å²) in [6.45, 7) is 4.53. The second-order valence-electron chi connectivity index (χ2n) is 4.10. The molecule has 0 bridgehead atoms. The van der Waals surface area contributed by atoms with Crippen LogP contribution in [0.2, 0.25) is 0 Å². The van der Waals surface area contributed by atoms with Crippen LogP contribution in [0.4, 0.5) is 0 Å². The average molecular weight is 137 g/mol. The molecule has 56 valence electrons. The lowest BCUT2D eigenvalue weighted by atomic mass is 9.90. The highest BCUT2D eigenvalue weighted by Gasteiger charge is 2.59. The van der Waals surface area contributed by atoms with Crippen LogP contribution >= 0.6 is 0 Å². The van der Waals surface area contributed by atoms with Crippen LogP contribution in [-0.2, 0) is 0 Å². The van der Waals surface area contributed by atoms with Crippen LogP contribution in [0.25, 0.3) is 0 Å². The van der Waals surface area contributed by atoms with E-state index in [1.807, 2.05) is 0 Å². The molecule has 3 atom stereocenters. The van der Waals surface area contributed by atoms with Crippen LogP contribution in [0, 0.1) is 11.3 Å². The molecule has 1 fully saturated rings. The summed E-state index contributed by atoms with van der Waals surface area (Å²) in [6.07, 6.45) is 4.81. The summed E-state index contributed by atoms with van der Waals surface area (Å²) in [6, 6.07) is 0.487. The Morgan fingerprint density at radius 2 is 2.40 bits per heavy atom. The molecule has 2 aliphatic carbocycles. The quantitative estimate of drug-likeness (QED) is 0.505. The smallest absolute Gasteiger partial charge is 0.0137 e. The molecule has 0 aromatic carbocycles. The highest BCUT2D eigenvalue weighted by atomic mass is 14.8. The molecular formula is C9H15N. The van der Waals surface area contributed by atoms with E-state index in [1.165, 1.54) is 18.4 Å². The molecule has 0 saturated heterocycles. The molecule has 0 amide bonds. The molecule has 10 heavy (non-hydrogen) atoms. The van der Waals surface area contributed by atoms with Gasteiger partial charge in [0.2, 0.25) is 0 Å². The third-order valence-electron chi connectivity index (χ3n) is 3.31. The molecule has 1 heteroatoms. The van der Waals surface area contributed by atoms with Gasteiger partial charge in [-0.25, -0.2) is 0 Å². The van der Waals surface area contributed by atoms with Gasteiger partial charge in [0.15, 0.2) is 0 Å². The Kier molecular flexibility index (Phi) is 1.06. The van der Waals surface area contributed by atoms with Crippen LogP contribution in [0.3, 0.4) is 0 Å². The third kappa shape index (κ3) is 0.615. The lowest BCUT2D eigenvalue weighted by molar-refractivity contribution is 0.473. The zero-order valence-electron chi connectivity index (χ0n) is 6.72. The number of rotatable bonds is 0.